The van der Waals surface area contributed by atoms with Crippen LogP contribution in [0, 0.1) is 16.7 Å². The van der Waals surface area contributed by atoms with Crippen LogP contribution in [0.1, 0.15) is 37.9 Å². The van der Waals surface area contributed by atoms with Gasteiger partial charge in [0.15, 0.2) is 0 Å². The molecule has 0 bridgehead atoms. The van der Waals surface area contributed by atoms with Crippen LogP contribution < -0.4 is 0 Å². The number of aromatic nitrogens is 2. The molecule has 0 spiro atoms. The average molecular weight is 260 g/mol. The van der Waals surface area contributed by atoms with Crippen molar-refractivity contribution in [3.63, 3.8) is 0 Å². The summed E-state index contributed by atoms with van der Waals surface area (Å²) in [7, 11) is 3.66. The number of aryl methyl sites for hydroxylation is 1. The van der Waals surface area contributed by atoms with Gasteiger partial charge in [0.2, 0.25) is 5.91 Å². The number of carbonyl (C=O) groups excluding carboxylic acids is 1. The largest absolute Gasteiger partial charge is 0.337 e. The molecule has 1 heterocycles. The summed E-state index contributed by atoms with van der Waals surface area (Å²) in [5.74, 6) is 0.775. The summed E-state index contributed by atoms with van der Waals surface area (Å²) in [5, 5.41) is 9.42. The lowest BCUT2D eigenvalue weighted by Crippen LogP contribution is -2.42. The predicted octanol–water partition coefficient (Wildman–Crippen LogP) is 1.85. The van der Waals surface area contributed by atoms with Crippen molar-refractivity contribution >= 4 is 5.91 Å². The Hall–Kier alpha value is -1.83. The fourth-order valence-electron chi connectivity index (χ4n) is 2.73. The van der Waals surface area contributed by atoms with Gasteiger partial charge in [-0.1, -0.05) is 19.3 Å². The first-order valence-electron chi connectivity index (χ1n) is 6.72. The first-order chi connectivity index (χ1) is 9.09. The Morgan fingerprint density at radius 1 is 1.53 bits per heavy atom. The lowest BCUT2D eigenvalue weighted by Gasteiger charge is -2.32. The molecule has 0 saturated heterocycles. The zero-order valence-corrected chi connectivity index (χ0v) is 11.6. The molecule has 1 amide bonds. The van der Waals surface area contributed by atoms with Crippen LogP contribution in [0.4, 0.5) is 0 Å². The van der Waals surface area contributed by atoms with Gasteiger partial charge in [-0.05, 0) is 12.8 Å². The molecule has 1 fully saturated rings. The molecule has 5 heteroatoms. The summed E-state index contributed by atoms with van der Waals surface area (Å²) in [6, 6.07) is 2.27. The molecular weight excluding hydrogens is 240 g/mol. The number of amides is 1. The molecule has 2 rings (SSSR count). The van der Waals surface area contributed by atoms with Crippen LogP contribution in [0.3, 0.4) is 0 Å². The van der Waals surface area contributed by atoms with E-state index in [4.69, 9.17) is 0 Å². The fourth-order valence-corrected chi connectivity index (χ4v) is 2.73. The Labute approximate surface area is 113 Å². The maximum atomic E-state index is 12.6. The highest BCUT2D eigenvalue weighted by Crippen LogP contribution is 2.37. The van der Waals surface area contributed by atoms with Crippen LogP contribution in [0.25, 0.3) is 0 Å². The highest BCUT2D eigenvalue weighted by atomic mass is 16.2. The molecular formula is C14H20N4O. The predicted molar refractivity (Wildman–Crippen MR) is 70.8 cm³/mol. The minimum absolute atomic E-state index is 0.0577. The summed E-state index contributed by atoms with van der Waals surface area (Å²) >= 11 is 0. The molecule has 0 unspecified atom stereocenters. The van der Waals surface area contributed by atoms with Crippen LogP contribution in [-0.2, 0) is 18.4 Å². The molecule has 1 aromatic rings. The number of nitrogens with zero attached hydrogens (tertiary/aromatic N) is 4. The summed E-state index contributed by atoms with van der Waals surface area (Å²) in [5.41, 5.74) is -0.807. The van der Waals surface area contributed by atoms with Gasteiger partial charge in [0.1, 0.15) is 11.2 Å². The number of imidazole rings is 1. The Kier molecular flexibility index (Phi) is 3.89. The average Bonchev–Trinajstić information content (AvgIpc) is 2.84. The smallest absolute Gasteiger partial charge is 0.243 e. The molecule has 1 aliphatic rings. The molecule has 102 valence electrons. The second-order valence-electron chi connectivity index (χ2n) is 5.37. The summed E-state index contributed by atoms with van der Waals surface area (Å²) < 4.78 is 1.89. The lowest BCUT2D eigenvalue weighted by atomic mass is 9.74. The Balaban J connectivity index is 2.10. The standard InChI is InChI=1S/C14H20N4O/c1-17-9-8-16-12(17)10-18(2)13(19)14(11-15)6-4-3-5-7-14/h8-9H,3-7,10H2,1-2H3. The zero-order valence-electron chi connectivity index (χ0n) is 11.6. The first kappa shape index (κ1) is 13.6. The molecule has 0 radical (unpaired) electrons. The molecule has 1 aromatic heterocycles. The van der Waals surface area contributed by atoms with Gasteiger partial charge < -0.3 is 9.47 Å². The van der Waals surface area contributed by atoms with Crippen molar-refractivity contribution in [2.24, 2.45) is 12.5 Å². The highest BCUT2D eigenvalue weighted by molar-refractivity contribution is 5.85. The van der Waals surface area contributed by atoms with Gasteiger partial charge in [0, 0.05) is 26.5 Å². The van der Waals surface area contributed by atoms with Gasteiger partial charge >= 0.3 is 0 Å². The van der Waals surface area contributed by atoms with E-state index in [0.717, 1.165) is 25.1 Å². The number of rotatable bonds is 3. The monoisotopic (exact) mass is 260 g/mol. The molecule has 0 atom stereocenters. The van der Waals surface area contributed by atoms with Gasteiger partial charge in [0.05, 0.1) is 12.6 Å². The van der Waals surface area contributed by atoms with E-state index in [1.807, 2.05) is 17.8 Å². The fraction of sp³-hybridized carbons (Fsp3) is 0.643. The minimum Gasteiger partial charge on any atom is -0.337 e. The normalized spacial score (nSPS) is 17.7. The van der Waals surface area contributed by atoms with Crippen LogP contribution in [0.5, 0.6) is 0 Å². The second kappa shape index (κ2) is 5.43. The maximum Gasteiger partial charge on any atom is 0.243 e. The van der Waals surface area contributed by atoms with Gasteiger partial charge in [-0.3, -0.25) is 4.79 Å². The Morgan fingerprint density at radius 3 is 2.74 bits per heavy atom. The topological polar surface area (TPSA) is 61.9 Å². The van der Waals surface area contributed by atoms with Gasteiger partial charge in [0.25, 0.3) is 0 Å². The van der Waals surface area contributed by atoms with Crippen molar-refractivity contribution in [3.8, 4) is 6.07 Å². The van der Waals surface area contributed by atoms with E-state index in [-0.39, 0.29) is 5.91 Å². The Morgan fingerprint density at radius 2 is 2.21 bits per heavy atom. The van der Waals surface area contributed by atoms with E-state index in [2.05, 4.69) is 11.1 Å². The van der Waals surface area contributed by atoms with Crippen molar-refractivity contribution in [3.05, 3.63) is 18.2 Å². The van der Waals surface area contributed by atoms with E-state index >= 15 is 0 Å². The number of hydrogen-bond donors (Lipinski definition) is 0. The molecule has 19 heavy (non-hydrogen) atoms. The van der Waals surface area contributed by atoms with E-state index in [0.29, 0.717) is 19.4 Å². The molecule has 5 nitrogen and oxygen atoms in total. The van der Waals surface area contributed by atoms with Crippen LogP contribution in [0.15, 0.2) is 12.4 Å². The van der Waals surface area contributed by atoms with Crippen LogP contribution >= 0.6 is 0 Å². The molecule has 0 N–H and O–H groups in total. The molecule has 0 aliphatic heterocycles. The van der Waals surface area contributed by atoms with E-state index < -0.39 is 5.41 Å². The van der Waals surface area contributed by atoms with Crippen molar-refractivity contribution in [2.75, 3.05) is 7.05 Å². The highest BCUT2D eigenvalue weighted by Gasteiger charge is 2.41. The van der Waals surface area contributed by atoms with Crippen molar-refractivity contribution in [1.82, 2.24) is 14.5 Å². The Bertz CT molecular complexity index is 494. The third kappa shape index (κ3) is 2.62. The van der Waals surface area contributed by atoms with E-state index in [1.165, 1.54) is 0 Å². The quantitative estimate of drug-likeness (QED) is 0.833. The molecule has 1 saturated carbocycles. The SMILES string of the molecule is CN(Cc1nccn1C)C(=O)C1(C#N)CCCCC1. The minimum atomic E-state index is -0.807. The summed E-state index contributed by atoms with van der Waals surface area (Å²) in [4.78, 5) is 18.4. The molecule has 1 aliphatic carbocycles. The number of hydrogen-bond acceptors (Lipinski definition) is 3. The zero-order chi connectivity index (χ0) is 13.9. The van der Waals surface area contributed by atoms with Crippen LogP contribution in [0.2, 0.25) is 0 Å². The van der Waals surface area contributed by atoms with E-state index in [9.17, 15) is 10.1 Å². The van der Waals surface area contributed by atoms with Crippen LogP contribution in [-0.4, -0.2) is 27.4 Å². The van der Waals surface area contributed by atoms with Gasteiger partial charge in [-0.2, -0.15) is 5.26 Å². The molecule has 0 aromatic carbocycles. The summed E-state index contributed by atoms with van der Waals surface area (Å²) in [6.07, 6.45) is 8.01. The number of carbonyl (C=O) groups is 1. The van der Waals surface area contributed by atoms with Crippen molar-refractivity contribution in [2.45, 2.75) is 38.6 Å². The van der Waals surface area contributed by atoms with Crippen molar-refractivity contribution < 1.29 is 4.79 Å². The van der Waals surface area contributed by atoms with Crippen molar-refractivity contribution in [1.29, 1.82) is 5.26 Å². The lowest BCUT2D eigenvalue weighted by molar-refractivity contribution is -0.139. The maximum absolute atomic E-state index is 12.6. The van der Waals surface area contributed by atoms with Gasteiger partial charge in [-0.15, -0.1) is 0 Å². The number of nitriles is 1. The van der Waals surface area contributed by atoms with Gasteiger partial charge in [-0.25, -0.2) is 4.98 Å². The van der Waals surface area contributed by atoms with E-state index in [1.54, 1.807) is 18.1 Å². The summed E-state index contributed by atoms with van der Waals surface area (Å²) in [6.45, 7) is 0.450. The third-order valence-electron chi connectivity index (χ3n) is 3.98. The third-order valence-corrected chi connectivity index (χ3v) is 3.98. The second-order valence-corrected chi connectivity index (χ2v) is 5.37. The first-order valence-corrected chi connectivity index (χ1v) is 6.72.